The monoisotopic (exact) mass is 377 g/mol. The van der Waals surface area contributed by atoms with Crippen molar-refractivity contribution in [1.82, 2.24) is 19.7 Å². The minimum atomic E-state index is -0.216. The van der Waals surface area contributed by atoms with Gasteiger partial charge in [0.25, 0.3) is 5.91 Å². The quantitative estimate of drug-likeness (QED) is 0.741. The van der Waals surface area contributed by atoms with Gasteiger partial charge in [0.05, 0.1) is 17.8 Å². The Morgan fingerprint density at radius 1 is 1.11 bits per heavy atom. The molecule has 2 heterocycles. The highest BCUT2D eigenvalue weighted by Gasteiger charge is 2.17. The third-order valence-electron chi connectivity index (χ3n) is 4.45. The van der Waals surface area contributed by atoms with E-state index >= 15 is 0 Å². The number of nitrogens with one attached hydrogen (secondary N) is 1. The molecule has 0 atom stereocenters. The number of rotatable bonds is 5. The SMILES string of the molecule is Cc1nn(-c2ccccc2)c(C)c1CC(=O)Nc1ccnc(C(=O)N(C)C)c1. The van der Waals surface area contributed by atoms with E-state index in [-0.39, 0.29) is 23.9 Å². The number of para-hydroxylation sites is 1. The van der Waals surface area contributed by atoms with Crippen LogP contribution in [-0.2, 0) is 11.2 Å². The zero-order valence-corrected chi connectivity index (χ0v) is 16.4. The Kier molecular flexibility index (Phi) is 5.54. The normalized spacial score (nSPS) is 10.6. The highest BCUT2D eigenvalue weighted by molar-refractivity contribution is 5.96. The van der Waals surface area contributed by atoms with E-state index in [1.807, 2.05) is 48.9 Å². The first-order valence-electron chi connectivity index (χ1n) is 8.95. The van der Waals surface area contributed by atoms with Gasteiger partial charge in [-0.3, -0.25) is 14.6 Å². The molecule has 1 N–H and O–H groups in total. The molecule has 0 aliphatic rings. The molecular weight excluding hydrogens is 354 g/mol. The third-order valence-corrected chi connectivity index (χ3v) is 4.45. The van der Waals surface area contributed by atoms with Crippen LogP contribution in [0.15, 0.2) is 48.7 Å². The zero-order chi connectivity index (χ0) is 20.3. The number of pyridine rings is 1. The van der Waals surface area contributed by atoms with Crippen LogP contribution in [-0.4, -0.2) is 45.6 Å². The molecule has 2 aromatic heterocycles. The Morgan fingerprint density at radius 3 is 2.50 bits per heavy atom. The third kappa shape index (κ3) is 4.09. The molecule has 2 amide bonds. The summed E-state index contributed by atoms with van der Waals surface area (Å²) in [5.74, 6) is -0.389. The number of carbonyl (C=O) groups is 2. The van der Waals surface area contributed by atoms with E-state index in [4.69, 9.17) is 0 Å². The second-order valence-electron chi connectivity index (χ2n) is 6.75. The fraction of sp³-hybridized carbons (Fsp3) is 0.238. The lowest BCUT2D eigenvalue weighted by atomic mass is 10.1. The van der Waals surface area contributed by atoms with Gasteiger partial charge >= 0.3 is 0 Å². The molecule has 0 fully saturated rings. The van der Waals surface area contributed by atoms with Crippen LogP contribution in [0.3, 0.4) is 0 Å². The summed E-state index contributed by atoms with van der Waals surface area (Å²) in [5, 5.41) is 7.42. The summed E-state index contributed by atoms with van der Waals surface area (Å²) in [4.78, 5) is 30.1. The highest BCUT2D eigenvalue weighted by Crippen LogP contribution is 2.19. The molecule has 0 spiro atoms. The summed E-state index contributed by atoms with van der Waals surface area (Å²) in [7, 11) is 3.32. The average Bonchev–Trinajstić information content (AvgIpc) is 2.96. The summed E-state index contributed by atoms with van der Waals surface area (Å²) in [5.41, 5.74) is 4.41. The van der Waals surface area contributed by atoms with Gasteiger partial charge in [-0.1, -0.05) is 18.2 Å². The van der Waals surface area contributed by atoms with Crippen molar-refractivity contribution in [2.45, 2.75) is 20.3 Å². The summed E-state index contributed by atoms with van der Waals surface area (Å²) in [6.07, 6.45) is 1.71. The summed E-state index contributed by atoms with van der Waals surface area (Å²) < 4.78 is 1.85. The summed E-state index contributed by atoms with van der Waals surface area (Å²) in [6, 6.07) is 13.0. The van der Waals surface area contributed by atoms with Gasteiger partial charge in [-0.15, -0.1) is 0 Å². The average molecular weight is 377 g/mol. The standard InChI is InChI=1S/C21H23N5O2/c1-14-18(15(2)26(24-14)17-8-6-5-7-9-17)13-20(27)23-16-10-11-22-19(12-16)21(28)25(3)4/h5-12H,13H2,1-4H3,(H,22,23,27). The van der Waals surface area contributed by atoms with E-state index in [9.17, 15) is 9.59 Å². The minimum absolute atomic E-state index is 0.173. The first-order valence-corrected chi connectivity index (χ1v) is 8.95. The van der Waals surface area contributed by atoms with Crippen molar-refractivity contribution in [3.05, 3.63) is 71.3 Å². The van der Waals surface area contributed by atoms with Crippen LogP contribution in [0.4, 0.5) is 5.69 Å². The first-order chi connectivity index (χ1) is 13.4. The lowest BCUT2D eigenvalue weighted by Gasteiger charge is -2.11. The van der Waals surface area contributed by atoms with Gasteiger partial charge in [0.15, 0.2) is 0 Å². The number of amides is 2. The molecule has 0 saturated carbocycles. The molecule has 0 bridgehead atoms. The second-order valence-corrected chi connectivity index (χ2v) is 6.75. The van der Waals surface area contributed by atoms with Gasteiger partial charge in [-0.2, -0.15) is 5.10 Å². The Bertz CT molecular complexity index is 1010. The second kappa shape index (κ2) is 8.04. The van der Waals surface area contributed by atoms with Crippen molar-refractivity contribution in [3.8, 4) is 5.69 Å². The maximum absolute atomic E-state index is 12.6. The molecule has 7 heteroatoms. The van der Waals surface area contributed by atoms with Crippen molar-refractivity contribution in [3.63, 3.8) is 0 Å². The molecule has 3 aromatic rings. The van der Waals surface area contributed by atoms with Crippen LogP contribution in [0.25, 0.3) is 5.69 Å². The lowest BCUT2D eigenvalue weighted by Crippen LogP contribution is -2.23. The molecule has 3 rings (SSSR count). The zero-order valence-electron chi connectivity index (χ0n) is 16.4. The molecule has 144 valence electrons. The van der Waals surface area contributed by atoms with Crippen molar-refractivity contribution >= 4 is 17.5 Å². The molecule has 7 nitrogen and oxygen atoms in total. The molecule has 0 radical (unpaired) electrons. The van der Waals surface area contributed by atoms with Crippen LogP contribution in [0.2, 0.25) is 0 Å². The summed E-state index contributed by atoms with van der Waals surface area (Å²) >= 11 is 0. The van der Waals surface area contributed by atoms with Crippen LogP contribution in [0, 0.1) is 13.8 Å². The number of benzene rings is 1. The maximum Gasteiger partial charge on any atom is 0.272 e. The Labute approximate surface area is 164 Å². The predicted octanol–water partition coefficient (Wildman–Crippen LogP) is 2.77. The van der Waals surface area contributed by atoms with E-state index in [0.29, 0.717) is 5.69 Å². The van der Waals surface area contributed by atoms with Crippen LogP contribution in [0.1, 0.15) is 27.4 Å². The van der Waals surface area contributed by atoms with E-state index in [1.165, 1.54) is 11.1 Å². The summed E-state index contributed by atoms with van der Waals surface area (Å²) in [6.45, 7) is 3.85. The van der Waals surface area contributed by atoms with E-state index in [0.717, 1.165) is 22.6 Å². The van der Waals surface area contributed by atoms with Crippen molar-refractivity contribution in [2.24, 2.45) is 0 Å². The number of hydrogen-bond acceptors (Lipinski definition) is 4. The number of aryl methyl sites for hydroxylation is 1. The van der Waals surface area contributed by atoms with Gasteiger partial charge in [0.2, 0.25) is 5.91 Å². The largest absolute Gasteiger partial charge is 0.343 e. The van der Waals surface area contributed by atoms with Gasteiger partial charge in [-0.25, -0.2) is 4.68 Å². The highest BCUT2D eigenvalue weighted by atomic mass is 16.2. The fourth-order valence-corrected chi connectivity index (χ4v) is 2.97. The van der Waals surface area contributed by atoms with E-state index in [2.05, 4.69) is 15.4 Å². The maximum atomic E-state index is 12.6. The Morgan fingerprint density at radius 2 is 1.82 bits per heavy atom. The topological polar surface area (TPSA) is 80.1 Å². The van der Waals surface area contributed by atoms with Crippen molar-refractivity contribution in [2.75, 3.05) is 19.4 Å². The van der Waals surface area contributed by atoms with Gasteiger partial charge in [0, 0.05) is 37.2 Å². The Balaban J connectivity index is 1.77. The number of carbonyl (C=O) groups excluding carboxylic acids is 2. The number of anilines is 1. The van der Waals surface area contributed by atoms with Crippen molar-refractivity contribution < 1.29 is 9.59 Å². The molecule has 0 aliphatic heterocycles. The Hall–Kier alpha value is -3.48. The molecule has 28 heavy (non-hydrogen) atoms. The van der Waals surface area contributed by atoms with Gasteiger partial charge in [0.1, 0.15) is 5.69 Å². The minimum Gasteiger partial charge on any atom is -0.343 e. The molecular formula is C21H23N5O2. The smallest absolute Gasteiger partial charge is 0.272 e. The number of aromatic nitrogens is 3. The molecule has 0 saturated heterocycles. The first kappa shape index (κ1) is 19.3. The van der Waals surface area contributed by atoms with E-state index in [1.54, 1.807) is 26.2 Å². The van der Waals surface area contributed by atoms with Crippen LogP contribution < -0.4 is 5.32 Å². The van der Waals surface area contributed by atoms with E-state index < -0.39 is 0 Å². The number of nitrogens with zero attached hydrogens (tertiary/aromatic N) is 4. The lowest BCUT2D eigenvalue weighted by molar-refractivity contribution is -0.115. The molecule has 0 unspecified atom stereocenters. The van der Waals surface area contributed by atoms with Gasteiger partial charge < -0.3 is 10.2 Å². The predicted molar refractivity (Wildman–Crippen MR) is 108 cm³/mol. The van der Waals surface area contributed by atoms with Crippen LogP contribution >= 0.6 is 0 Å². The molecule has 1 aromatic carbocycles. The molecule has 0 aliphatic carbocycles. The van der Waals surface area contributed by atoms with Gasteiger partial charge in [-0.05, 0) is 38.1 Å². The fourth-order valence-electron chi connectivity index (χ4n) is 2.97. The number of hydrogen-bond donors (Lipinski definition) is 1. The van der Waals surface area contributed by atoms with Crippen LogP contribution in [0.5, 0.6) is 0 Å². The van der Waals surface area contributed by atoms with Crippen molar-refractivity contribution in [1.29, 1.82) is 0 Å².